The molecule has 160 valence electrons. The van der Waals surface area contributed by atoms with Gasteiger partial charge in [-0.05, 0) is 68.6 Å². The molecule has 0 bridgehead atoms. The first-order valence-electron chi connectivity index (χ1n) is 10.5. The molecule has 1 amide bonds. The number of anilines is 1. The van der Waals surface area contributed by atoms with Crippen molar-refractivity contribution in [2.24, 2.45) is 0 Å². The van der Waals surface area contributed by atoms with Gasteiger partial charge in [-0.25, -0.2) is 0 Å². The number of benzene rings is 2. The van der Waals surface area contributed by atoms with Gasteiger partial charge in [0.25, 0.3) is 0 Å². The van der Waals surface area contributed by atoms with Crippen LogP contribution in [0.1, 0.15) is 31.2 Å². The van der Waals surface area contributed by atoms with Gasteiger partial charge in [-0.2, -0.15) is 8.42 Å². The number of hydrogen-bond acceptors (Lipinski definition) is 5. The first-order valence-corrected chi connectivity index (χ1v) is 12.3. The Hall–Kier alpha value is -2.38. The first-order chi connectivity index (χ1) is 14.4. The van der Waals surface area contributed by atoms with Crippen LogP contribution in [0, 0.1) is 0 Å². The first kappa shape index (κ1) is 20.9. The second kappa shape index (κ2) is 8.40. The largest absolute Gasteiger partial charge is 0.383 e. The smallest absolute Gasteiger partial charge is 0.306 e. The fourth-order valence-corrected chi connectivity index (χ4v) is 4.69. The van der Waals surface area contributed by atoms with E-state index in [0.717, 1.165) is 50.0 Å². The number of rotatable bonds is 8. The lowest BCUT2D eigenvalue weighted by Gasteiger charge is -2.29. The lowest BCUT2D eigenvalue weighted by Crippen LogP contribution is -2.43. The minimum absolute atomic E-state index is 0.0735. The van der Waals surface area contributed by atoms with E-state index in [0.29, 0.717) is 6.54 Å². The highest BCUT2D eigenvalue weighted by molar-refractivity contribution is 7.86. The van der Waals surface area contributed by atoms with E-state index in [1.54, 1.807) is 18.2 Å². The zero-order valence-corrected chi connectivity index (χ0v) is 18.1. The van der Waals surface area contributed by atoms with Gasteiger partial charge in [-0.1, -0.05) is 30.3 Å². The summed E-state index contributed by atoms with van der Waals surface area (Å²) < 4.78 is 28.1. The summed E-state index contributed by atoms with van der Waals surface area (Å²) in [6, 6.07) is 16.7. The van der Waals surface area contributed by atoms with Crippen molar-refractivity contribution >= 4 is 21.7 Å². The van der Waals surface area contributed by atoms with E-state index >= 15 is 0 Å². The van der Waals surface area contributed by atoms with Gasteiger partial charge >= 0.3 is 10.1 Å². The Bertz CT molecular complexity index is 997. The maximum Gasteiger partial charge on any atom is 0.306 e. The molecule has 2 aromatic rings. The van der Waals surface area contributed by atoms with E-state index in [9.17, 15) is 13.2 Å². The van der Waals surface area contributed by atoms with Crippen LogP contribution in [0.4, 0.5) is 5.69 Å². The molecule has 1 heterocycles. The fraction of sp³-hybridized carbons (Fsp3) is 0.435. The van der Waals surface area contributed by atoms with Crippen molar-refractivity contribution in [2.75, 3.05) is 37.3 Å². The summed E-state index contributed by atoms with van der Waals surface area (Å²) >= 11 is 0. The molecule has 1 saturated heterocycles. The summed E-state index contributed by atoms with van der Waals surface area (Å²) in [6.45, 7) is 3.68. The number of nitrogens with zero attached hydrogens (tertiary/aromatic N) is 2. The highest BCUT2D eigenvalue weighted by atomic mass is 32.2. The molecule has 0 unspecified atom stereocenters. The predicted octanol–water partition coefficient (Wildman–Crippen LogP) is 3.19. The molecular formula is C23H28N2O4S. The van der Waals surface area contributed by atoms with E-state index < -0.39 is 15.5 Å². The van der Waals surface area contributed by atoms with E-state index in [1.807, 2.05) is 41.3 Å². The van der Waals surface area contributed by atoms with Crippen LogP contribution in [0.15, 0.2) is 54.6 Å². The SMILES string of the molecule is CS(=O)(=O)Oc1cccc(C2(C(=O)N(CCN3CCCC3)c3ccccc3)CC2)c1. The summed E-state index contributed by atoms with van der Waals surface area (Å²) in [5.74, 6) is 0.321. The monoisotopic (exact) mass is 428 g/mol. The molecule has 30 heavy (non-hydrogen) atoms. The summed E-state index contributed by atoms with van der Waals surface area (Å²) in [5.41, 5.74) is 1.10. The van der Waals surface area contributed by atoms with Crippen molar-refractivity contribution in [2.45, 2.75) is 31.1 Å². The third kappa shape index (κ3) is 4.68. The zero-order valence-electron chi connectivity index (χ0n) is 17.3. The number of amides is 1. The number of para-hydroxylation sites is 1. The number of likely N-dealkylation sites (tertiary alicyclic amines) is 1. The Morgan fingerprint density at radius 1 is 1.07 bits per heavy atom. The van der Waals surface area contributed by atoms with Crippen LogP contribution in [0.2, 0.25) is 0 Å². The summed E-state index contributed by atoms with van der Waals surface area (Å²) in [7, 11) is -3.62. The molecule has 2 fully saturated rings. The summed E-state index contributed by atoms with van der Waals surface area (Å²) in [6.07, 6.45) is 4.96. The van der Waals surface area contributed by atoms with Crippen molar-refractivity contribution < 1.29 is 17.4 Å². The molecule has 0 radical (unpaired) electrons. The second-order valence-electron chi connectivity index (χ2n) is 8.24. The molecule has 2 aliphatic rings. The average Bonchev–Trinajstić information content (AvgIpc) is 3.37. The third-order valence-electron chi connectivity index (χ3n) is 5.95. The van der Waals surface area contributed by atoms with Gasteiger partial charge in [0.1, 0.15) is 5.75 Å². The molecule has 2 aromatic carbocycles. The Labute approximate surface area is 178 Å². The van der Waals surface area contributed by atoms with Crippen molar-refractivity contribution in [3.8, 4) is 5.75 Å². The van der Waals surface area contributed by atoms with Gasteiger partial charge in [-0.3, -0.25) is 4.79 Å². The van der Waals surface area contributed by atoms with E-state index in [-0.39, 0.29) is 11.7 Å². The van der Waals surface area contributed by atoms with Crippen molar-refractivity contribution in [1.29, 1.82) is 0 Å². The van der Waals surface area contributed by atoms with Gasteiger partial charge in [0.2, 0.25) is 5.91 Å². The molecule has 0 spiro atoms. The Morgan fingerprint density at radius 2 is 1.77 bits per heavy atom. The molecule has 1 aliphatic heterocycles. The molecular weight excluding hydrogens is 400 g/mol. The van der Waals surface area contributed by atoms with Gasteiger partial charge in [0.05, 0.1) is 11.7 Å². The van der Waals surface area contributed by atoms with Crippen LogP contribution in [0.25, 0.3) is 0 Å². The molecule has 7 heteroatoms. The van der Waals surface area contributed by atoms with Crippen LogP contribution < -0.4 is 9.08 Å². The van der Waals surface area contributed by atoms with Crippen molar-refractivity contribution in [1.82, 2.24) is 4.90 Å². The number of carbonyl (C=O) groups is 1. The molecule has 4 rings (SSSR count). The number of carbonyl (C=O) groups excluding carboxylic acids is 1. The summed E-state index contributed by atoms with van der Waals surface area (Å²) in [5, 5.41) is 0. The third-order valence-corrected chi connectivity index (χ3v) is 6.44. The topological polar surface area (TPSA) is 66.9 Å². The number of hydrogen-bond donors (Lipinski definition) is 0. The molecule has 6 nitrogen and oxygen atoms in total. The van der Waals surface area contributed by atoms with E-state index in [2.05, 4.69) is 4.90 Å². The predicted molar refractivity (Wildman–Crippen MR) is 117 cm³/mol. The molecule has 0 atom stereocenters. The highest BCUT2D eigenvalue weighted by Crippen LogP contribution is 2.50. The van der Waals surface area contributed by atoms with Gasteiger partial charge in [-0.15, -0.1) is 0 Å². The standard InChI is InChI=1S/C23H28N2O4S/c1-30(27,28)29-21-11-7-8-19(18-21)23(12-13-23)22(26)25(20-9-3-2-4-10-20)17-16-24-14-5-6-15-24/h2-4,7-11,18H,5-6,12-17H2,1H3. The molecule has 0 aromatic heterocycles. The fourth-order valence-electron chi connectivity index (χ4n) is 4.23. The Kier molecular flexibility index (Phi) is 5.84. The molecule has 1 aliphatic carbocycles. The van der Waals surface area contributed by atoms with Crippen LogP contribution in [-0.4, -0.2) is 51.7 Å². The van der Waals surface area contributed by atoms with Crippen molar-refractivity contribution in [3.63, 3.8) is 0 Å². The quantitative estimate of drug-likeness (QED) is 0.604. The maximum absolute atomic E-state index is 13.8. The second-order valence-corrected chi connectivity index (χ2v) is 9.81. The minimum atomic E-state index is -3.62. The lowest BCUT2D eigenvalue weighted by molar-refractivity contribution is -0.121. The van der Waals surface area contributed by atoms with Gasteiger partial charge in [0, 0.05) is 18.8 Å². The van der Waals surface area contributed by atoms with Gasteiger partial charge < -0.3 is 14.0 Å². The maximum atomic E-state index is 13.8. The van der Waals surface area contributed by atoms with E-state index in [1.165, 1.54) is 12.8 Å². The van der Waals surface area contributed by atoms with Crippen LogP contribution in [0.5, 0.6) is 5.75 Å². The zero-order chi connectivity index (χ0) is 21.2. The summed E-state index contributed by atoms with van der Waals surface area (Å²) in [4.78, 5) is 18.1. The average molecular weight is 429 g/mol. The van der Waals surface area contributed by atoms with Crippen molar-refractivity contribution in [3.05, 3.63) is 60.2 Å². The lowest BCUT2D eigenvalue weighted by atomic mass is 9.93. The normalized spacial score (nSPS) is 18.2. The van der Waals surface area contributed by atoms with Gasteiger partial charge in [0.15, 0.2) is 0 Å². The van der Waals surface area contributed by atoms with Crippen LogP contribution in [-0.2, 0) is 20.3 Å². The Morgan fingerprint density at radius 3 is 2.40 bits per heavy atom. The molecule has 0 N–H and O–H groups in total. The van der Waals surface area contributed by atoms with Crippen LogP contribution in [0.3, 0.4) is 0 Å². The van der Waals surface area contributed by atoms with E-state index in [4.69, 9.17) is 4.18 Å². The minimum Gasteiger partial charge on any atom is -0.383 e. The van der Waals surface area contributed by atoms with Crippen LogP contribution >= 0.6 is 0 Å². The molecule has 1 saturated carbocycles. The Balaban J connectivity index is 1.59. The highest BCUT2D eigenvalue weighted by Gasteiger charge is 2.53.